The molecule has 1 aromatic heterocycles. The zero-order chi connectivity index (χ0) is 17.5. The van der Waals surface area contributed by atoms with Crippen molar-refractivity contribution in [1.29, 1.82) is 0 Å². The summed E-state index contributed by atoms with van der Waals surface area (Å²) in [6.07, 6.45) is 1.71. The second-order valence-electron chi connectivity index (χ2n) is 5.22. The number of amides is 1. The van der Waals surface area contributed by atoms with Gasteiger partial charge in [0.1, 0.15) is 6.61 Å². The maximum absolute atomic E-state index is 12.2. The highest BCUT2D eigenvalue weighted by Gasteiger charge is 2.10. The Kier molecular flexibility index (Phi) is 5.22. The van der Waals surface area contributed by atoms with E-state index in [0.29, 0.717) is 17.1 Å². The normalized spacial score (nSPS) is 9.96. The Bertz CT molecular complexity index is 935. The first-order valence-corrected chi connectivity index (χ1v) is 7.85. The molecule has 0 bridgehead atoms. The van der Waals surface area contributed by atoms with Crippen LogP contribution in [0.5, 0.6) is 11.5 Å². The summed E-state index contributed by atoms with van der Waals surface area (Å²) in [7, 11) is 1.59. The lowest BCUT2D eigenvalue weighted by Gasteiger charge is -2.07. The zero-order valence-corrected chi connectivity index (χ0v) is 13.8. The van der Waals surface area contributed by atoms with E-state index >= 15 is 0 Å². The molecule has 25 heavy (non-hydrogen) atoms. The summed E-state index contributed by atoms with van der Waals surface area (Å²) in [6.45, 7) is 0.483. The van der Waals surface area contributed by atoms with Crippen LogP contribution in [-0.4, -0.2) is 31.2 Å². The molecule has 0 radical (unpaired) electrons. The largest absolute Gasteiger partial charge is 0.493 e. The van der Waals surface area contributed by atoms with Crippen LogP contribution in [0.2, 0.25) is 0 Å². The minimum Gasteiger partial charge on any atom is -0.493 e. The number of benzene rings is 2. The number of methoxy groups -OCH3 is 1. The van der Waals surface area contributed by atoms with E-state index in [1.165, 1.54) is 0 Å². The number of ether oxygens (including phenoxy) is 2. The number of para-hydroxylation sites is 3. The number of carbonyl (C=O) groups excluding carboxylic acids is 1. The predicted octanol–water partition coefficient (Wildman–Crippen LogP) is 2.99. The number of carbonyl (C=O) groups is 1. The Labute approximate surface area is 146 Å². The summed E-state index contributed by atoms with van der Waals surface area (Å²) in [5.41, 5.74) is 1.55. The molecule has 3 rings (SSSR count). The van der Waals surface area contributed by atoms with Crippen LogP contribution in [0.4, 0.5) is 0 Å². The van der Waals surface area contributed by atoms with Gasteiger partial charge in [0.25, 0.3) is 5.91 Å². The third kappa shape index (κ3) is 3.93. The number of aromatic nitrogens is 1. The van der Waals surface area contributed by atoms with Crippen molar-refractivity contribution >= 4 is 16.8 Å². The van der Waals surface area contributed by atoms with Crippen molar-refractivity contribution in [2.45, 2.75) is 0 Å². The molecule has 1 heterocycles. The Balaban J connectivity index is 1.50. The lowest BCUT2D eigenvalue weighted by molar-refractivity contribution is 0.0960. The van der Waals surface area contributed by atoms with Gasteiger partial charge in [-0.05, 0) is 18.2 Å². The van der Waals surface area contributed by atoms with Gasteiger partial charge >= 0.3 is 0 Å². The molecule has 5 heteroatoms. The van der Waals surface area contributed by atoms with E-state index < -0.39 is 0 Å². The van der Waals surface area contributed by atoms with Gasteiger partial charge in [-0.3, -0.25) is 4.79 Å². The van der Waals surface area contributed by atoms with Crippen molar-refractivity contribution in [2.24, 2.45) is 0 Å². The summed E-state index contributed by atoms with van der Waals surface area (Å²) in [5.74, 6) is 6.90. The van der Waals surface area contributed by atoms with E-state index in [4.69, 9.17) is 9.47 Å². The van der Waals surface area contributed by atoms with E-state index in [1.54, 1.807) is 13.3 Å². The van der Waals surface area contributed by atoms with Crippen LogP contribution in [0.1, 0.15) is 10.4 Å². The molecule has 0 saturated carbocycles. The Morgan fingerprint density at radius 2 is 1.84 bits per heavy atom. The average Bonchev–Trinajstić information content (AvgIpc) is 3.09. The van der Waals surface area contributed by atoms with Gasteiger partial charge in [0.2, 0.25) is 0 Å². The number of hydrogen-bond acceptors (Lipinski definition) is 3. The van der Waals surface area contributed by atoms with Gasteiger partial charge in [-0.1, -0.05) is 42.2 Å². The SMILES string of the molecule is COc1ccccc1OCC#CCNC(=O)c1c[nH]c2ccccc12. The number of hydrogen-bond donors (Lipinski definition) is 2. The molecule has 0 aliphatic heterocycles. The molecule has 0 fully saturated rings. The highest BCUT2D eigenvalue weighted by atomic mass is 16.5. The lowest BCUT2D eigenvalue weighted by atomic mass is 10.1. The van der Waals surface area contributed by atoms with E-state index in [2.05, 4.69) is 22.1 Å². The molecular weight excluding hydrogens is 316 g/mol. The maximum atomic E-state index is 12.2. The van der Waals surface area contributed by atoms with Gasteiger partial charge in [0, 0.05) is 17.1 Å². The van der Waals surface area contributed by atoms with Crippen LogP contribution >= 0.6 is 0 Å². The third-order valence-electron chi connectivity index (χ3n) is 3.67. The maximum Gasteiger partial charge on any atom is 0.254 e. The zero-order valence-electron chi connectivity index (χ0n) is 13.8. The van der Waals surface area contributed by atoms with Crippen molar-refractivity contribution in [2.75, 3.05) is 20.3 Å². The molecule has 3 aromatic rings. The summed E-state index contributed by atoms with van der Waals surface area (Å²) < 4.78 is 10.7. The molecule has 1 amide bonds. The van der Waals surface area contributed by atoms with Crippen LogP contribution in [0, 0.1) is 11.8 Å². The fourth-order valence-electron chi connectivity index (χ4n) is 2.44. The van der Waals surface area contributed by atoms with Crippen LogP contribution in [0.3, 0.4) is 0 Å². The van der Waals surface area contributed by atoms with Gasteiger partial charge in [-0.15, -0.1) is 0 Å². The number of rotatable bonds is 5. The molecule has 0 aliphatic carbocycles. The van der Waals surface area contributed by atoms with E-state index in [-0.39, 0.29) is 19.1 Å². The molecule has 2 N–H and O–H groups in total. The monoisotopic (exact) mass is 334 g/mol. The Morgan fingerprint density at radius 1 is 1.08 bits per heavy atom. The average molecular weight is 334 g/mol. The minimum absolute atomic E-state index is 0.155. The molecular formula is C20H18N2O3. The molecule has 0 saturated heterocycles. The fraction of sp³-hybridized carbons (Fsp3) is 0.150. The minimum atomic E-state index is -0.155. The van der Waals surface area contributed by atoms with Gasteiger partial charge in [0.05, 0.1) is 19.2 Å². The second-order valence-corrected chi connectivity index (χ2v) is 5.22. The molecule has 126 valence electrons. The van der Waals surface area contributed by atoms with Crippen molar-refractivity contribution in [3.63, 3.8) is 0 Å². The quantitative estimate of drug-likeness (QED) is 0.705. The molecule has 0 aliphatic rings. The van der Waals surface area contributed by atoms with Gasteiger partial charge in [-0.25, -0.2) is 0 Å². The Hall–Kier alpha value is -3.39. The van der Waals surface area contributed by atoms with Gasteiger partial charge in [0.15, 0.2) is 11.5 Å². The highest BCUT2D eigenvalue weighted by molar-refractivity contribution is 6.06. The third-order valence-corrected chi connectivity index (χ3v) is 3.67. The number of aromatic amines is 1. The van der Waals surface area contributed by atoms with Crippen LogP contribution in [0.15, 0.2) is 54.7 Å². The van der Waals surface area contributed by atoms with Crippen LogP contribution < -0.4 is 14.8 Å². The van der Waals surface area contributed by atoms with Crippen molar-refractivity contribution in [1.82, 2.24) is 10.3 Å². The number of nitrogens with one attached hydrogen (secondary N) is 2. The van der Waals surface area contributed by atoms with E-state index in [0.717, 1.165) is 10.9 Å². The van der Waals surface area contributed by atoms with E-state index in [1.807, 2.05) is 48.5 Å². The first-order valence-electron chi connectivity index (χ1n) is 7.85. The topological polar surface area (TPSA) is 63.4 Å². The van der Waals surface area contributed by atoms with Crippen molar-refractivity contribution in [3.8, 4) is 23.3 Å². The first-order chi connectivity index (χ1) is 12.3. The van der Waals surface area contributed by atoms with Gasteiger partial charge in [-0.2, -0.15) is 0 Å². The highest BCUT2D eigenvalue weighted by Crippen LogP contribution is 2.25. The van der Waals surface area contributed by atoms with Gasteiger partial charge < -0.3 is 19.8 Å². The smallest absolute Gasteiger partial charge is 0.254 e. The summed E-state index contributed by atoms with van der Waals surface area (Å²) in [6, 6.07) is 15.1. The lowest BCUT2D eigenvalue weighted by Crippen LogP contribution is -2.23. The summed E-state index contributed by atoms with van der Waals surface area (Å²) in [5, 5.41) is 3.68. The second kappa shape index (κ2) is 7.93. The first kappa shape index (κ1) is 16.5. The van der Waals surface area contributed by atoms with E-state index in [9.17, 15) is 4.79 Å². The molecule has 0 atom stereocenters. The summed E-state index contributed by atoms with van der Waals surface area (Å²) in [4.78, 5) is 15.3. The molecule has 0 spiro atoms. The number of fused-ring (bicyclic) bond motifs is 1. The fourth-order valence-corrected chi connectivity index (χ4v) is 2.44. The molecule has 0 unspecified atom stereocenters. The standard InChI is InChI=1S/C20H18N2O3/c1-24-18-10-4-5-11-19(18)25-13-7-6-12-21-20(23)16-14-22-17-9-3-2-8-15(16)17/h2-5,8-11,14,22H,12-13H2,1H3,(H,21,23). The van der Waals surface area contributed by atoms with Crippen molar-refractivity contribution < 1.29 is 14.3 Å². The van der Waals surface area contributed by atoms with Crippen molar-refractivity contribution in [3.05, 3.63) is 60.3 Å². The molecule has 2 aromatic carbocycles. The predicted molar refractivity (Wildman–Crippen MR) is 96.9 cm³/mol. The summed E-state index contributed by atoms with van der Waals surface area (Å²) >= 11 is 0. The van der Waals surface area contributed by atoms with Crippen LogP contribution in [0.25, 0.3) is 10.9 Å². The Morgan fingerprint density at radius 3 is 2.68 bits per heavy atom. The van der Waals surface area contributed by atoms with Crippen LogP contribution in [-0.2, 0) is 0 Å². The molecule has 5 nitrogen and oxygen atoms in total. The number of H-pyrrole nitrogens is 1.